The number of benzene rings is 3. The van der Waals surface area contributed by atoms with E-state index in [2.05, 4.69) is 0 Å². The minimum atomic E-state index is -0.0226. The summed E-state index contributed by atoms with van der Waals surface area (Å²) in [6.07, 6.45) is 3.39. The molecule has 0 amide bonds. The predicted molar refractivity (Wildman–Crippen MR) is 112 cm³/mol. The van der Waals surface area contributed by atoms with Crippen LogP contribution in [0.3, 0.4) is 0 Å². The first-order chi connectivity index (χ1) is 13.0. The smallest absolute Gasteiger partial charge is 0.185 e. The van der Waals surface area contributed by atoms with Gasteiger partial charge in [-0.1, -0.05) is 54.1 Å². The van der Waals surface area contributed by atoms with E-state index < -0.39 is 0 Å². The largest absolute Gasteiger partial charge is 0.488 e. The van der Waals surface area contributed by atoms with Gasteiger partial charge in [-0.05, 0) is 67.0 Å². The van der Waals surface area contributed by atoms with Gasteiger partial charge in [0.15, 0.2) is 5.78 Å². The van der Waals surface area contributed by atoms with Crippen molar-refractivity contribution >= 4 is 23.5 Å². The number of ketones is 1. The highest BCUT2D eigenvalue weighted by Gasteiger charge is 2.05. The summed E-state index contributed by atoms with van der Waals surface area (Å²) in [5.41, 5.74) is 4.87. The molecule has 0 heterocycles. The summed E-state index contributed by atoms with van der Waals surface area (Å²) in [6.45, 7) is 4.48. The van der Waals surface area contributed by atoms with E-state index in [9.17, 15) is 4.79 Å². The molecule has 0 saturated carbocycles. The summed E-state index contributed by atoms with van der Waals surface area (Å²) in [7, 11) is 0. The Kier molecular flexibility index (Phi) is 6.10. The van der Waals surface area contributed by atoms with Gasteiger partial charge in [-0.25, -0.2) is 0 Å². The number of carbonyl (C=O) groups excluding carboxylic acids is 1. The maximum atomic E-state index is 12.5. The van der Waals surface area contributed by atoms with Crippen molar-refractivity contribution in [3.63, 3.8) is 0 Å². The van der Waals surface area contributed by atoms with Crippen molar-refractivity contribution in [1.82, 2.24) is 0 Å². The molecule has 27 heavy (non-hydrogen) atoms. The summed E-state index contributed by atoms with van der Waals surface area (Å²) < 4.78 is 5.93. The number of allylic oxidation sites excluding steroid dienone is 1. The van der Waals surface area contributed by atoms with Crippen LogP contribution in [-0.4, -0.2) is 5.78 Å². The Hall–Kier alpha value is -2.84. The van der Waals surface area contributed by atoms with Gasteiger partial charge in [0.05, 0.1) is 0 Å². The van der Waals surface area contributed by atoms with Crippen molar-refractivity contribution in [3.05, 3.63) is 106 Å². The van der Waals surface area contributed by atoms with E-state index in [0.717, 1.165) is 22.4 Å². The molecule has 0 atom stereocenters. The number of carbonyl (C=O) groups is 1. The fraction of sp³-hybridized carbons (Fsp3) is 0.125. The van der Waals surface area contributed by atoms with E-state index in [1.54, 1.807) is 12.2 Å². The van der Waals surface area contributed by atoms with Gasteiger partial charge in [0.2, 0.25) is 0 Å². The zero-order valence-electron chi connectivity index (χ0n) is 15.4. The molecular formula is C24H21ClO2. The molecule has 136 valence electrons. The number of para-hydroxylation sites is 1. The molecule has 3 aromatic carbocycles. The second-order valence-corrected chi connectivity index (χ2v) is 6.89. The van der Waals surface area contributed by atoms with Gasteiger partial charge in [0.1, 0.15) is 12.4 Å². The minimum absolute atomic E-state index is 0.0226. The molecule has 0 spiro atoms. The molecule has 3 heteroatoms. The molecule has 0 aromatic heterocycles. The average molecular weight is 377 g/mol. The maximum absolute atomic E-state index is 12.5. The molecule has 0 aliphatic rings. The zero-order chi connectivity index (χ0) is 19.2. The first-order valence-electron chi connectivity index (χ1n) is 8.79. The number of hydrogen-bond acceptors (Lipinski definition) is 2. The van der Waals surface area contributed by atoms with Crippen molar-refractivity contribution in [1.29, 1.82) is 0 Å². The first kappa shape index (κ1) is 18.9. The molecule has 0 saturated heterocycles. The Morgan fingerprint density at radius 3 is 2.44 bits per heavy atom. The van der Waals surface area contributed by atoms with Gasteiger partial charge in [-0.15, -0.1) is 0 Å². The van der Waals surface area contributed by atoms with Crippen LogP contribution in [0.4, 0.5) is 0 Å². The second-order valence-electron chi connectivity index (χ2n) is 6.45. The molecule has 0 N–H and O–H groups in total. The first-order valence-corrected chi connectivity index (χ1v) is 9.16. The Balaban J connectivity index is 1.73. The SMILES string of the molecule is Cc1ccc(C(=O)/C=C/c2ccccc2OCc2ccc(Cl)cc2)cc1C. The Morgan fingerprint density at radius 1 is 0.963 bits per heavy atom. The predicted octanol–water partition coefficient (Wildman–Crippen LogP) is 6.43. The summed E-state index contributed by atoms with van der Waals surface area (Å²) in [5.74, 6) is 0.710. The van der Waals surface area contributed by atoms with E-state index in [0.29, 0.717) is 17.2 Å². The topological polar surface area (TPSA) is 26.3 Å². The van der Waals surface area contributed by atoms with E-state index in [-0.39, 0.29) is 5.78 Å². The standard InChI is InChI=1S/C24H21ClO2/c1-17-7-10-21(15-18(17)2)23(26)14-11-20-5-3-4-6-24(20)27-16-19-8-12-22(25)13-9-19/h3-15H,16H2,1-2H3/b14-11+. The zero-order valence-corrected chi connectivity index (χ0v) is 16.2. The monoisotopic (exact) mass is 376 g/mol. The van der Waals surface area contributed by atoms with Crippen LogP contribution in [-0.2, 0) is 6.61 Å². The van der Waals surface area contributed by atoms with Crippen LogP contribution >= 0.6 is 11.6 Å². The Bertz CT molecular complexity index is 972. The van der Waals surface area contributed by atoms with Crippen molar-refractivity contribution < 1.29 is 9.53 Å². The van der Waals surface area contributed by atoms with Gasteiger partial charge in [0.25, 0.3) is 0 Å². The Morgan fingerprint density at radius 2 is 1.70 bits per heavy atom. The number of aryl methyl sites for hydroxylation is 2. The van der Waals surface area contributed by atoms with Gasteiger partial charge in [-0.2, -0.15) is 0 Å². The highest BCUT2D eigenvalue weighted by Crippen LogP contribution is 2.22. The van der Waals surface area contributed by atoms with Crippen LogP contribution in [0.1, 0.15) is 32.6 Å². The molecule has 0 radical (unpaired) electrons. The molecule has 0 aliphatic carbocycles. The van der Waals surface area contributed by atoms with E-state index in [4.69, 9.17) is 16.3 Å². The van der Waals surface area contributed by atoms with Crippen molar-refractivity contribution in [2.45, 2.75) is 20.5 Å². The van der Waals surface area contributed by atoms with Crippen molar-refractivity contribution in [2.24, 2.45) is 0 Å². The lowest BCUT2D eigenvalue weighted by Crippen LogP contribution is -1.98. The molecule has 0 aliphatic heterocycles. The van der Waals surface area contributed by atoms with Crippen molar-refractivity contribution in [2.75, 3.05) is 0 Å². The number of ether oxygens (including phenoxy) is 1. The van der Waals surface area contributed by atoms with Crippen LogP contribution in [0.5, 0.6) is 5.75 Å². The van der Waals surface area contributed by atoms with Crippen LogP contribution < -0.4 is 4.74 Å². The fourth-order valence-electron chi connectivity index (χ4n) is 2.65. The molecule has 3 rings (SSSR count). The third-order valence-electron chi connectivity index (χ3n) is 4.43. The van der Waals surface area contributed by atoms with E-state index in [1.165, 1.54) is 5.56 Å². The second kappa shape index (κ2) is 8.70. The lowest BCUT2D eigenvalue weighted by atomic mass is 10.0. The van der Waals surface area contributed by atoms with Crippen LogP contribution in [0.25, 0.3) is 6.08 Å². The normalized spacial score (nSPS) is 10.9. The summed E-state index contributed by atoms with van der Waals surface area (Å²) in [4.78, 5) is 12.5. The van der Waals surface area contributed by atoms with Gasteiger partial charge >= 0.3 is 0 Å². The maximum Gasteiger partial charge on any atom is 0.185 e. The number of hydrogen-bond donors (Lipinski definition) is 0. The highest BCUT2D eigenvalue weighted by molar-refractivity contribution is 6.30. The fourth-order valence-corrected chi connectivity index (χ4v) is 2.77. The van der Waals surface area contributed by atoms with Crippen LogP contribution in [0.2, 0.25) is 5.02 Å². The number of rotatable bonds is 6. The van der Waals surface area contributed by atoms with Crippen LogP contribution in [0.15, 0.2) is 72.8 Å². The quantitative estimate of drug-likeness (QED) is 0.366. The van der Waals surface area contributed by atoms with E-state index >= 15 is 0 Å². The molecule has 0 bridgehead atoms. The average Bonchev–Trinajstić information content (AvgIpc) is 2.68. The van der Waals surface area contributed by atoms with E-state index in [1.807, 2.05) is 80.6 Å². The third-order valence-corrected chi connectivity index (χ3v) is 4.68. The minimum Gasteiger partial charge on any atom is -0.488 e. The third kappa shape index (κ3) is 5.08. The Labute approximate surface area is 165 Å². The highest BCUT2D eigenvalue weighted by atomic mass is 35.5. The lowest BCUT2D eigenvalue weighted by molar-refractivity contribution is 0.104. The summed E-state index contributed by atoms with van der Waals surface area (Å²) in [5, 5.41) is 0.701. The van der Waals surface area contributed by atoms with Gasteiger partial charge in [-0.3, -0.25) is 4.79 Å². The molecular weight excluding hydrogens is 356 g/mol. The molecule has 0 fully saturated rings. The molecule has 2 nitrogen and oxygen atoms in total. The summed E-state index contributed by atoms with van der Waals surface area (Å²) >= 11 is 5.91. The van der Waals surface area contributed by atoms with Gasteiger partial charge < -0.3 is 4.74 Å². The molecule has 3 aromatic rings. The molecule has 0 unspecified atom stereocenters. The lowest BCUT2D eigenvalue weighted by Gasteiger charge is -2.09. The summed E-state index contributed by atoms with van der Waals surface area (Å²) in [6, 6.07) is 21.0. The van der Waals surface area contributed by atoms with Gasteiger partial charge in [0, 0.05) is 16.1 Å². The van der Waals surface area contributed by atoms with Crippen LogP contribution in [0, 0.1) is 13.8 Å². The number of halogens is 1. The van der Waals surface area contributed by atoms with Crippen molar-refractivity contribution in [3.8, 4) is 5.75 Å².